The Hall–Kier alpha value is -2.19. The molecule has 0 saturated heterocycles. The maximum Gasteiger partial charge on any atom is 0.407 e. The molecule has 1 aliphatic carbocycles. The second kappa shape index (κ2) is 10.4. The molecule has 0 spiro atoms. The van der Waals surface area contributed by atoms with Crippen molar-refractivity contribution in [2.45, 2.75) is 66.0 Å². The van der Waals surface area contributed by atoms with Crippen LogP contribution in [0.4, 0.5) is 14.4 Å². The lowest BCUT2D eigenvalue weighted by Crippen LogP contribution is -2.50. The van der Waals surface area contributed by atoms with Crippen LogP contribution in [0.25, 0.3) is 0 Å². The molecule has 0 bridgehead atoms. The summed E-state index contributed by atoms with van der Waals surface area (Å²) >= 11 is 0. The number of methoxy groups -OCH3 is 1. The van der Waals surface area contributed by atoms with Crippen molar-refractivity contribution in [3.05, 3.63) is 0 Å². The van der Waals surface area contributed by atoms with E-state index >= 15 is 0 Å². The van der Waals surface area contributed by atoms with Gasteiger partial charge in [0.1, 0.15) is 12.7 Å². The van der Waals surface area contributed by atoms with Gasteiger partial charge in [0.15, 0.2) is 0 Å². The molecule has 3 atom stereocenters. The molecule has 1 saturated carbocycles. The van der Waals surface area contributed by atoms with Crippen LogP contribution in [0.3, 0.4) is 0 Å². The lowest BCUT2D eigenvalue weighted by molar-refractivity contribution is 0.0387. The van der Waals surface area contributed by atoms with E-state index in [0.717, 1.165) is 12.8 Å². The quantitative estimate of drug-likeness (QED) is 0.565. The van der Waals surface area contributed by atoms with Crippen molar-refractivity contribution in [3.8, 4) is 0 Å². The standard InChI is InChI=1S/C19H35N3O6/c1-7-20-16(24)27-10-13(2)28-17(25)22-14-8-18(3,4)11-19(5,9-14)12-21-15(23)26-6/h13-14H,7-12H2,1-6H3,(H,20,24)(H,21,23)(H,22,25). The number of ether oxygens (including phenoxy) is 3. The van der Waals surface area contributed by atoms with Crippen LogP contribution in [0.2, 0.25) is 0 Å². The highest BCUT2D eigenvalue weighted by Gasteiger charge is 2.42. The average molecular weight is 402 g/mol. The number of hydrogen-bond acceptors (Lipinski definition) is 6. The Morgan fingerprint density at radius 3 is 2.36 bits per heavy atom. The minimum absolute atomic E-state index is 0.00425. The minimum atomic E-state index is -0.563. The van der Waals surface area contributed by atoms with Gasteiger partial charge in [-0.2, -0.15) is 0 Å². The number of hydrogen-bond donors (Lipinski definition) is 3. The highest BCUT2D eigenvalue weighted by atomic mass is 16.6. The Labute approximate surface area is 167 Å². The maximum atomic E-state index is 12.2. The molecule has 1 aliphatic rings. The Morgan fingerprint density at radius 2 is 1.75 bits per heavy atom. The van der Waals surface area contributed by atoms with E-state index in [1.54, 1.807) is 13.8 Å². The number of nitrogens with one attached hydrogen (secondary N) is 3. The number of carbonyl (C=O) groups excluding carboxylic acids is 3. The van der Waals surface area contributed by atoms with E-state index in [0.29, 0.717) is 19.5 Å². The number of carbonyl (C=O) groups is 3. The normalized spacial score (nSPS) is 24.4. The van der Waals surface area contributed by atoms with Gasteiger partial charge in [-0.3, -0.25) is 0 Å². The summed E-state index contributed by atoms with van der Waals surface area (Å²) in [6.07, 6.45) is 0.313. The smallest absolute Gasteiger partial charge is 0.407 e. The predicted octanol–water partition coefficient (Wildman–Crippen LogP) is 2.79. The molecule has 3 amide bonds. The van der Waals surface area contributed by atoms with Crippen LogP contribution in [0.5, 0.6) is 0 Å². The van der Waals surface area contributed by atoms with Crippen LogP contribution < -0.4 is 16.0 Å². The topological polar surface area (TPSA) is 115 Å². The number of rotatable bonds is 7. The molecule has 28 heavy (non-hydrogen) atoms. The molecule has 3 unspecified atom stereocenters. The van der Waals surface area contributed by atoms with E-state index in [2.05, 4.69) is 41.5 Å². The van der Waals surface area contributed by atoms with Crippen molar-refractivity contribution in [3.63, 3.8) is 0 Å². The highest BCUT2D eigenvalue weighted by Crippen LogP contribution is 2.45. The lowest BCUT2D eigenvalue weighted by atomic mass is 9.62. The van der Waals surface area contributed by atoms with Crippen LogP contribution in [-0.4, -0.2) is 57.2 Å². The fourth-order valence-corrected chi connectivity index (χ4v) is 4.03. The first kappa shape index (κ1) is 23.8. The summed E-state index contributed by atoms with van der Waals surface area (Å²) in [4.78, 5) is 35.0. The number of amides is 3. The van der Waals surface area contributed by atoms with E-state index in [-0.39, 0.29) is 23.5 Å². The van der Waals surface area contributed by atoms with Gasteiger partial charge in [-0.15, -0.1) is 0 Å². The summed E-state index contributed by atoms with van der Waals surface area (Å²) in [5.74, 6) is 0. The van der Waals surface area contributed by atoms with Gasteiger partial charge < -0.3 is 30.2 Å². The summed E-state index contributed by atoms with van der Waals surface area (Å²) in [6, 6.07) is -0.0859. The summed E-state index contributed by atoms with van der Waals surface area (Å²) in [5.41, 5.74) is -0.184. The second-order valence-corrected chi connectivity index (χ2v) is 8.59. The predicted molar refractivity (Wildman–Crippen MR) is 104 cm³/mol. The molecule has 0 aromatic rings. The van der Waals surface area contributed by atoms with E-state index < -0.39 is 24.4 Å². The second-order valence-electron chi connectivity index (χ2n) is 8.59. The Morgan fingerprint density at radius 1 is 1.07 bits per heavy atom. The van der Waals surface area contributed by atoms with Crippen LogP contribution in [0.15, 0.2) is 0 Å². The Bertz CT molecular complexity index is 554. The van der Waals surface area contributed by atoms with Crippen molar-refractivity contribution < 1.29 is 28.6 Å². The first-order valence-corrected chi connectivity index (χ1v) is 9.68. The van der Waals surface area contributed by atoms with Gasteiger partial charge in [-0.25, -0.2) is 14.4 Å². The van der Waals surface area contributed by atoms with Gasteiger partial charge in [-0.1, -0.05) is 20.8 Å². The van der Waals surface area contributed by atoms with E-state index in [1.165, 1.54) is 7.11 Å². The summed E-state index contributed by atoms with van der Waals surface area (Å²) < 4.78 is 14.9. The Balaban J connectivity index is 2.55. The molecule has 0 aliphatic heterocycles. The summed E-state index contributed by atoms with van der Waals surface area (Å²) in [6.45, 7) is 10.7. The summed E-state index contributed by atoms with van der Waals surface area (Å²) in [5, 5.41) is 8.18. The zero-order chi connectivity index (χ0) is 21.4. The van der Waals surface area contributed by atoms with E-state index in [1.807, 2.05) is 0 Å². The molecule has 0 heterocycles. The highest BCUT2D eigenvalue weighted by molar-refractivity contribution is 5.68. The van der Waals surface area contributed by atoms with Gasteiger partial charge >= 0.3 is 18.3 Å². The first-order valence-electron chi connectivity index (χ1n) is 9.68. The van der Waals surface area contributed by atoms with Crippen molar-refractivity contribution >= 4 is 18.3 Å². The van der Waals surface area contributed by atoms with Crippen molar-refractivity contribution in [1.29, 1.82) is 0 Å². The van der Waals surface area contributed by atoms with Gasteiger partial charge in [0.2, 0.25) is 0 Å². The molecular weight excluding hydrogens is 366 g/mol. The van der Waals surface area contributed by atoms with E-state index in [9.17, 15) is 14.4 Å². The zero-order valence-corrected chi connectivity index (χ0v) is 17.8. The molecule has 0 aromatic carbocycles. The SMILES string of the molecule is CCNC(=O)OCC(C)OC(=O)NC1CC(C)(C)CC(C)(CNC(=O)OC)C1. The van der Waals surface area contributed by atoms with Gasteiger partial charge in [-0.05, 0) is 43.9 Å². The van der Waals surface area contributed by atoms with Crippen molar-refractivity contribution in [2.24, 2.45) is 10.8 Å². The van der Waals surface area contributed by atoms with Crippen molar-refractivity contribution in [2.75, 3.05) is 26.8 Å². The maximum absolute atomic E-state index is 12.2. The third kappa shape index (κ3) is 8.67. The molecule has 1 fully saturated rings. The van der Waals surface area contributed by atoms with Crippen LogP contribution in [-0.2, 0) is 14.2 Å². The molecule has 162 valence electrons. The monoisotopic (exact) mass is 401 g/mol. The molecule has 9 nitrogen and oxygen atoms in total. The fraction of sp³-hybridized carbons (Fsp3) is 0.842. The van der Waals surface area contributed by atoms with Crippen LogP contribution >= 0.6 is 0 Å². The van der Waals surface area contributed by atoms with Gasteiger partial charge in [0, 0.05) is 19.1 Å². The zero-order valence-electron chi connectivity index (χ0n) is 17.8. The molecule has 1 rings (SSSR count). The van der Waals surface area contributed by atoms with Crippen LogP contribution in [0, 0.1) is 10.8 Å². The van der Waals surface area contributed by atoms with Gasteiger partial charge in [0.25, 0.3) is 0 Å². The number of alkyl carbamates (subject to hydrolysis) is 3. The Kier molecular flexibility index (Phi) is 8.84. The molecule has 0 aromatic heterocycles. The van der Waals surface area contributed by atoms with E-state index in [4.69, 9.17) is 9.47 Å². The fourth-order valence-electron chi connectivity index (χ4n) is 4.03. The molecule has 3 N–H and O–H groups in total. The average Bonchev–Trinajstić information content (AvgIpc) is 2.56. The van der Waals surface area contributed by atoms with Crippen LogP contribution in [0.1, 0.15) is 53.9 Å². The lowest BCUT2D eigenvalue weighted by Gasteiger charge is -2.46. The molecule has 0 radical (unpaired) electrons. The summed E-state index contributed by atoms with van der Waals surface area (Å²) in [7, 11) is 1.33. The first-order chi connectivity index (χ1) is 13.0. The minimum Gasteiger partial charge on any atom is -0.453 e. The molecular formula is C19H35N3O6. The third-order valence-corrected chi connectivity index (χ3v) is 4.69. The third-order valence-electron chi connectivity index (χ3n) is 4.69. The molecule has 9 heteroatoms. The van der Waals surface area contributed by atoms with Gasteiger partial charge in [0.05, 0.1) is 7.11 Å². The van der Waals surface area contributed by atoms with Crippen molar-refractivity contribution in [1.82, 2.24) is 16.0 Å². The largest absolute Gasteiger partial charge is 0.453 e.